The Bertz CT molecular complexity index is 753. The van der Waals surface area contributed by atoms with Gasteiger partial charge in [0.2, 0.25) is 0 Å². The van der Waals surface area contributed by atoms with Crippen LogP contribution in [0, 0.1) is 5.82 Å². The molecular formula is C15H8Br2FNS. The van der Waals surface area contributed by atoms with E-state index in [2.05, 4.69) is 36.8 Å². The summed E-state index contributed by atoms with van der Waals surface area (Å²) in [5.74, 6) is -0.267. The van der Waals surface area contributed by atoms with Crippen molar-refractivity contribution in [2.75, 3.05) is 0 Å². The molecule has 3 aromatic rings. The largest absolute Gasteiger partial charge is 0.236 e. The Kier molecular flexibility index (Phi) is 4.01. The van der Waals surface area contributed by atoms with E-state index in [0.29, 0.717) is 4.47 Å². The van der Waals surface area contributed by atoms with Gasteiger partial charge in [0.1, 0.15) is 10.8 Å². The first kappa shape index (κ1) is 13.9. The molecule has 100 valence electrons. The Morgan fingerprint density at radius 3 is 2.35 bits per heavy atom. The maximum Gasteiger partial charge on any atom is 0.137 e. The van der Waals surface area contributed by atoms with Crippen molar-refractivity contribution in [2.24, 2.45) is 0 Å². The van der Waals surface area contributed by atoms with E-state index in [1.54, 1.807) is 23.5 Å². The molecule has 0 bridgehead atoms. The molecule has 1 nitrogen and oxygen atoms in total. The van der Waals surface area contributed by atoms with Crippen molar-refractivity contribution in [1.82, 2.24) is 4.98 Å². The molecule has 0 N–H and O–H groups in total. The molecule has 0 saturated carbocycles. The molecule has 0 aliphatic carbocycles. The van der Waals surface area contributed by atoms with Gasteiger partial charge >= 0.3 is 0 Å². The molecule has 0 aliphatic heterocycles. The number of thiazole rings is 1. The van der Waals surface area contributed by atoms with E-state index >= 15 is 0 Å². The van der Waals surface area contributed by atoms with E-state index in [9.17, 15) is 4.39 Å². The van der Waals surface area contributed by atoms with E-state index in [1.807, 2.05) is 29.6 Å². The first-order valence-electron chi connectivity index (χ1n) is 5.80. The Morgan fingerprint density at radius 2 is 1.65 bits per heavy atom. The lowest BCUT2D eigenvalue weighted by Crippen LogP contribution is -1.82. The third kappa shape index (κ3) is 2.85. The highest BCUT2D eigenvalue weighted by Gasteiger charge is 2.08. The Morgan fingerprint density at radius 1 is 0.950 bits per heavy atom. The Hall–Kier alpha value is -1.04. The molecule has 1 aromatic heterocycles. The second-order valence-electron chi connectivity index (χ2n) is 4.17. The summed E-state index contributed by atoms with van der Waals surface area (Å²) in [6, 6.07) is 12.9. The predicted octanol–water partition coefficient (Wildman–Crippen LogP) is 6.14. The topological polar surface area (TPSA) is 12.9 Å². The highest BCUT2D eigenvalue weighted by Crippen LogP contribution is 2.31. The average Bonchev–Trinajstić information content (AvgIpc) is 2.92. The van der Waals surface area contributed by atoms with Crippen molar-refractivity contribution in [1.29, 1.82) is 0 Å². The molecule has 2 aromatic carbocycles. The van der Waals surface area contributed by atoms with Crippen LogP contribution in [0.25, 0.3) is 21.8 Å². The second-order valence-corrected chi connectivity index (χ2v) is 6.80. The van der Waals surface area contributed by atoms with E-state index in [4.69, 9.17) is 0 Å². The zero-order chi connectivity index (χ0) is 14.1. The van der Waals surface area contributed by atoms with Gasteiger partial charge in [0, 0.05) is 21.0 Å². The minimum atomic E-state index is -0.267. The van der Waals surface area contributed by atoms with Crippen molar-refractivity contribution in [3.8, 4) is 21.8 Å². The number of hydrogen-bond donors (Lipinski definition) is 0. The molecule has 5 heteroatoms. The fraction of sp³-hybridized carbons (Fsp3) is 0. The van der Waals surface area contributed by atoms with Crippen LogP contribution < -0.4 is 0 Å². The zero-order valence-electron chi connectivity index (χ0n) is 10.1. The molecule has 0 saturated heterocycles. The zero-order valence-corrected chi connectivity index (χ0v) is 14.1. The second kappa shape index (κ2) is 5.76. The molecule has 20 heavy (non-hydrogen) atoms. The van der Waals surface area contributed by atoms with Gasteiger partial charge in [0.25, 0.3) is 0 Å². The van der Waals surface area contributed by atoms with E-state index < -0.39 is 0 Å². The monoisotopic (exact) mass is 411 g/mol. The summed E-state index contributed by atoms with van der Waals surface area (Å²) < 4.78 is 14.7. The first-order chi connectivity index (χ1) is 9.63. The highest BCUT2D eigenvalue weighted by atomic mass is 79.9. The normalized spacial score (nSPS) is 10.8. The summed E-state index contributed by atoms with van der Waals surface area (Å²) in [6.07, 6.45) is 0. The van der Waals surface area contributed by atoms with Crippen LogP contribution in [0.4, 0.5) is 4.39 Å². The first-order valence-corrected chi connectivity index (χ1v) is 8.27. The fourth-order valence-corrected chi connectivity index (χ4v) is 3.27. The lowest BCUT2D eigenvalue weighted by atomic mass is 10.2. The van der Waals surface area contributed by atoms with E-state index in [1.165, 1.54) is 6.07 Å². The molecule has 0 aliphatic rings. The molecule has 0 fully saturated rings. The summed E-state index contributed by atoms with van der Waals surface area (Å²) >= 11 is 8.19. The molecule has 0 unspecified atom stereocenters. The van der Waals surface area contributed by atoms with E-state index in [0.717, 1.165) is 26.3 Å². The van der Waals surface area contributed by atoms with E-state index in [-0.39, 0.29) is 5.82 Å². The quantitative estimate of drug-likeness (QED) is 0.492. The minimum Gasteiger partial charge on any atom is -0.236 e. The van der Waals surface area contributed by atoms with Gasteiger partial charge in [-0.1, -0.05) is 28.1 Å². The SMILES string of the molecule is Fc1ccc(-c2csc(-c3ccc(Br)cc3)n2)cc1Br. The fourth-order valence-electron chi connectivity index (χ4n) is 1.79. The summed E-state index contributed by atoms with van der Waals surface area (Å²) in [4.78, 5) is 4.61. The maximum atomic E-state index is 13.3. The summed E-state index contributed by atoms with van der Waals surface area (Å²) in [7, 11) is 0. The average molecular weight is 413 g/mol. The molecule has 1 heterocycles. The number of nitrogens with zero attached hydrogens (tertiary/aromatic N) is 1. The van der Waals surface area contributed by atoms with Crippen molar-refractivity contribution < 1.29 is 4.39 Å². The maximum absolute atomic E-state index is 13.3. The van der Waals surface area contributed by atoms with Gasteiger partial charge in [-0.2, -0.15) is 0 Å². The summed E-state index contributed by atoms with van der Waals surface area (Å²) in [5.41, 5.74) is 2.83. The van der Waals surface area contributed by atoms with Gasteiger partial charge in [-0.15, -0.1) is 11.3 Å². The van der Waals surface area contributed by atoms with Crippen LogP contribution in [-0.2, 0) is 0 Å². The third-order valence-corrected chi connectivity index (χ3v) is 4.84. The molecule has 0 radical (unpaired) electrons. The predicted molar refractivity (Wildman–Crippen MR) is 88.3 cm³/mol. The van der Waals surface area contributed by atoms with Crippen LogP contribution >= 0.6 is 43.2 Å². The van der Waals surface area contributed by atoms with Crippen molar-refractivity contribution >= 4 is 43.2 Å². The number of benzene rings is 2. The summed E-state index contributed by atoms with van der Waals surface area (Å²) in [6.45, 7) is 0. The Balaban J connectivity index is 1.97. The van der Waals surface area contributed by atoms with Gasteiger partial charge in [-0.25, -0.2) is 9.37 Å². The van der Waals surface area contributed by atoms with Crippen LogP contribution in [0.5, 0.6) is 0 Å². The molecular weight excluding hydrogens is 405 g/mol. The number of hydrogen-bond acceptors (Lipinski definition) is 2. The van der Waals surface area contributed by atoms with Crippen LogP contribution in [0.3, 0.4) is 0 Å². The highest BCUT2D eigenvalue weighted by molar-refractivity contribution is 9.10. The van der Waals surface area contributed by atoms with Crippen LogP contribution in [0.15, 0.2) is 56.8 Å². The minimum absolute atomic E-state index is 0.267. The smallest absolute Gasteiger partial charge is 0.137 e. The van der Waals surface area contributed by atoms with Crippen molar-refractivity contribution in [3.05, 3.63) is 62.6 Å². The lowest BCUT2D eigenvalue weighted by Gasteiger charge is -1.99. The molecule has 0 spiro atoms. The molecule has 3 rings (SSSR count). The van der Waals surface area contributed by atoms with Gasteiger partial charge in [-0.05, 0) is 46.3 Å². The van der Waals surface area contributed by atoms with Crippen molar-refractivity contribution in [3.63, 3.8) is 0 Å². The van der Waals surface area contributed by atoms with Gasteiger partial charge in [0.05, 0.1) is 10.2 Å². The van der Waals surface area contributed by atoms with Crippen LogP contribution in [-0.4, -0.2) is 4.98 Å². The summed E-state index contributed by atoms with van der Waals surface area (Å²) in [5, 5.41) is 2.93. The van der Waals surface area contributed by atoms with Crippen molar-refractivity contribution in [2.45, 2.75) is 0 Å². The standard InChI is InChI=1S/C15H8Br2FNS/c16-11-4-1-9(2-5-11)15-19-14(8-20-15)10-3-6-13(18)12(17)7-10/h1-8H. The van der Waals surface area contributed by atoms with Crippen LogP contribution in [0.1, 0.15) is 0 Å². The van der Waals surface area contributed by atoms with Gasteiger partial charge < -0.3 is 0 Å². The molecule has 0 atom stereocenters. The number of aromatic nitrogens is 1. The van der Waals surface area contributed by atoms with Gasteiger partial charge in [-0.3, -0.25) is 0 Å². The third-order valence-electron chi connectivity index (χ3n) is 2.81. The molecule has 0 amide bonds. The lowest BCUT2D eigenvalue weighted by molar-refractivity contribution is 0.621. The Labute approximate surface area is 136 Å². The van der Waals surface area contributed by atoms with Crippen LogP contribution in [0.2, 0.25) is 0 Å². The number of halogens is 3. The van der Waals surface area contributed by atoms with Gasteiger partial charge in [0.15, 0.2) is 0 Å². The number of rotatable bonds is 2.